The summed E-state index contributed by atoms with van der Waals surface area (Å²) in [5.74, 6) is 0.0244. The molecule has 0 bridgehead atoms. The molecule has 2 fully saturated rings. The van der Waals surface area contributed by atoms with Crippen LogP contribution < -0.4 is 0 Å². The van der Waals surface area contributed by atoms with Gasteiger partial charge in [0.25, 0.3) is 0 Å². The van der Waals surface area contributed by atoms with E-state index in [1.165, 1.54) is 32.4 Å². The summed E-state index contributed by atoms with van der Waals surface area (Å²) in [5, 5.41) is 0. The van der Waals surface area contributed by atoms with Gasteiger partial charge in [-0.15, -0.1) is 0 Å². The lowest BCUT2D eigenvalue weighted by Gasteiger charge is -2.38. The first-order valence-corrected chi connectivity index (χ1v) is 10.0. The Morgan fingerprint density at radius 2 is 1.77 bits per heavy atom. The number of rotatable bonds is 4. The van der Waals surface area contributed by atoms with E-state index >= 15 is 0 Å². The first-order valence-electron chi connectivity index (χ1n) is 10.0. The highest BCUT2D eigenvalue weighted by atomic mass is 16.6. The predicted molar refractivity (Wildman–Crippen MR) is 98.9 cm³/mol. The monoisotopic (exact) mass is 356 g/mol. The summed E-state index contributed by atoms with van der Waals surface area (Å²) in [4.78, 5) is 29.1. The van der Waals surface area contributed by atoms with Crippen molar-refractivity contribution in [1.29, 1.82) is 0 Å². The molecular weight excluding hydrogens is 328 g/mol. The topological polar surface area (TPSA) is 49.9 Å². The van der Waals surface area contributed by atoms with Crippen LogP contribution in [0.15, 0.2) is 24.3 Å². The van der Waals surface area contributed by atoms with E-state index in [-0.39, 0.29) is 11.9 Å². The number of esters is 1. The zero-order valence-corrected chi connectivity index (χ0v) is 15.4. The molecule has 0 unspecified atom stereocenters. The van der Waals surface area contributed by atoms with Gasteiger partial charge in [-0.25, -0.2) is 4.79 Å². The van der Waals surface area contributed by atoms with Crippen molar-refractivity contribution in [1.82, 2.24) is 9.80 Å². The molecule has 5 nitrogen and oxygen atoms in total. The van der Waals surface area contributed by atoms with Gasteiger partial charge < -0.3 is 14.5 Å². The summed E-state index contributed by atoms with van der Waals surface area (Å²) >= 11 is 0. The summed E-state index contributed by atoms with van der Waals surface area (Å²) in [6.45, 7) is 4.75. The van der Waals surface area contributed by atoms with Crippen molar-refractivity contribution in [3.8, 4) is 0 Å². The van der Waals surface area contributed by atoms with Crippen molar-refractivity contribution in [3.05, 3.63) is 35.4 Å². The Hall–Kier alpha value is -1.88. The van der Waals surface area contributed by atoms with Gasteiger partial charge in [-0.1, -0.05) is 24.6 Å². The molecule has 3 aliphatic rings. The summed E-state index contributed by atoms with van der Waals surface area (Å²) < 4.78 is 5.77. The van der Waals surface area contributed by atoms with Crippen LogP contribution >= 0.6 is 0 Å². The molecular formula is C21H28N2O3. The number of piperidine rings is 2. The number of nitrogens with zero attached hydrogens (tertiary/aromatic N) is 2. The van der Waals surface area contributed by atoms with Crippen LogP contribution in [-0.2, 0) is 15.1 Å². The van der Waals surface area contributed by atoms with Gasteiger partial charge in [0.1, 0.15) is 5.60 Å². The summed E-state index contributed by atoms with van der Waals surface area (Å²) in [6.07, 6.45) is 6.91. The second-order valence-electron chi connectivity index (χ2n) is 7.82. The van der Waals surface area contributed by atoms with Crippen molar-refractivity contribution < 1.29 is 14.3 Å². The van der Waals surface area contributed by atoms with E-state index < -0.39 is 5.60 Å². The van der Waals surface area contributed by atoms with E-state index in [0.717, 1.165) is 18.5 Å². The van der Waals surface area contributed by atoms with Crippen LogP contribution in [0.25, 0.3) is 0 Å². The maximum absolute atomic E-state index is 12.6. The zero-order valence-electron chi connectivity index (χ0n) is 15.4. The highest BCUT2D eigenvalue weighted by Gasteiger charge is 2.47. The molecule has 0 aromatic heterocycles. The highest BCUT2D eigenvalue weighted by Crippen LogP contribution is 2.43. The number of fused-ring (bicyclic) bond motifs is 2. The zero-order chi connectivity index (χ0) is 18.0. The Morgan fingerprint density at radius 1 is 1.04 bits per heavy atom. The number of benzene rings is 1. The second-order valence-corrected chi connectivity index (χ2v) is 7.82. The minimum atomic E-state index is -0.516. The molecule has 1 spiro atoms. The summed E-state index contributed by atoms with van der Waals surface area (Å²) in [7, 11) is 0. The average Bonchev–Trinajstić information content (AvgIpc) is 2.95. The van der Waals surface area contributed by atoms with Crippen LogP contribution in [0.5, 0.6) is 0 Å². The summed E-state index contributed by atoms with van der Waals surface area (Å²) in [5.41, 5.74) is 1.18. The normalized spacial score (nSPS) is 22.3. The fourth-order valence-corrected chi connectivity index (χ4v) is 4.63. The Morgan fingerprint density at radius 3 is 2.54 bits per heavy atom. The number of likely N-dealkylation sites (tertiary alicyclic amines) is 2. The third-order valence-electron chi connectivity index (χ3n) is 6.16. The molecule has 1 amide bonds. The largest absolute Gasteiger partial charge is 0.450 e. The molecule has 3 heterocycles. The van der Waals surface area contributed by atoms with Crippen molar-refractivity contribution in [2.45, 2.75) is 50.5 Å². The van der Waals surface area contributed by atoms with Crippen LogP contribution in [0, 0.1) is 0 Å². The number of ether oxygens (including phenoxy) is 1. The van der Waals surface area contributed by atoms with Crippen molar-refractivity contribution in [3.63, 3.8) is 0 Å². The molecule has 3 aliphatic heterocycles. The molecule has 0 saturated carbocycles. The number of hydrogen-bond acceptors (Lipinski definition) is 4. The third-order valence-corrected chi connectivity index (χ3v) is 6.16. The molecule has 5 heteroatoms. The minimum Gasteiger partial charge on any atom is -0.450 e. The van der Waals surface area contributed by atoms with Crippen LogP contribution in [0.1, 0.15) is 60.9 Å². The van der Waals surface area contributed by atoms with Crippen molar-refractivity contribution in [2.75, 3.05) is 32.7 Å². The van der Waals surface area contributed by atoms with Gasteiger partial charge in [0.05, 0.1) is 5.56 Å². The number of amides is 1. The number of hydrogen-bond donors (Lipinski definition) is 0. The SMILES string of the molecule is O=C1OC2(CCN(C(=O)CCCN3CCCCC3)CC2)c2ccccc21. The van der Waals surface area contributed by atoms with Crippen LogP contribution in [0.4, 0.5) is 0 Å². The molecule has 26 heavy (non-hydrogen) atoms. The maximum atomic E-state index is 12.6. The Labute approximate surface area is 155 Å². The molecule has 1 aromatic rings. The lowest BCUT2D eigenvalue weighted by molar-refractivity contribution is -0.135. The predicted octanol–water partition coefficient (Wildman–Crippen LogP) is 2.94. The van der Waals surface area contributed by atoms with Gasteiger partial charge in [-0.05, 0) is 45.0 Å². The van der Waals surface area contributed by atoms with Gasteiger partial charge >= 0.3 is 5.97 Å². The van der Waals surface area contributed by atoms with E-state index in [4.69, 9.17) is 4.74 Å². The third kappa shape index (κ3) is 3.37. The van der Waals surface area contributed by atoms with E-state index in [0.29, 0.717) is 37.9 Å². The van der Waals surface area contributed by atoms with E-state index in [2.05, 4.69) is 4.90 Å². The van der Waals surface area contributed by atoms with Crippen molar-refractivity contribution in [2.24, 2.45) is 0 Å². The van der Waals surface area contributed by atoms with E-state index in [9.17, 15) is 9.59 Å². The second kappa shape index (κ2) is 7.39. The Balaban J connectivity index is 1.28. The quantitative estimate of drug-likeness (QED) is 0.779. The first kappa shape index (κ1) is 17.5. The Kier molecular flexibility index (Phi) is 4.98. The lowest BCUT2D eigenvalue weighted by atomic mass is 9.83. The molecule has 4 rings (SSSR count). The van der Waals surface area contributed by atoms with Crippen molar-refractivity contribution >= 4 is 11.9 Å². The van der Waals surface area contributed by atoms with Gasteiger partial charge in [-0.2, -0.15) is 0 Å². The number of carbonyl (C=O) groups is 2. The molecule has 0 radical (unpaired) electrons. The van der Waals surface area contributed by atoms with E-state index in [1.807, 2.05) is 29.2 Å². The number of carbonyl (C=O) groups excluding carboxylic acids is 2. The van der Waals surface area contributed by atoms with Gasteiger partial charge in [-0.3, -0.25) is 4.79 Å². The molecule has 140 valence electrons. The minimum absolute atomic E-state index is 0.220. The highest BCUT2D eigenvalue weighted by molar-refractivity contribution is 5.94. The van der Waals surface area contributed by atoms with Crippen LogP contribution in [0.3, 0.4) is 0 Å². The summed E-state index contributed by atoms with van der Waals surface area (Å²) in [6, 6.07) is 7.67. The molecule has 0 atom stereocenters. The maximum Gasteiger partial charge on any atom is 0.339 e. The van der Waals surface area contributed by atoms with Gasteiger partial charge in [0.2, 0.25) is 5.91 Å². The smallest absolute Gasteiger partial charge is 0.339 e. The molecule has 0 aliphatic carbocycles. The van der Waals surface area contributed by atoms with Gasteiger partial charge in [0, 0.05) is 37.9 Å². The average molecular weight is 356 g/mol. The van der Waals surface area contributed by atoms with Gasteiger partial charge in [0.15, 0.2) is 0 Å². The fraction of sp³-hybridized carbons (Fsp3) is 0.619. The molecule has 2 saturated heterocycles. The molecule has 0 N–H and O–H groups in total. The van der Waals surface area contributed by atoms with Crippen LogP contribution in [0.2, 0.25) is 0 Å². The fourth-order valence-electron chi connectivity index (χ4n) is 4.63. The van der Waals surface area contributed by atoms with E-state index in [1.54, 1.807) is 0 Å². The first-order chi connectivity index (χ1) is 12.7. The van der Waals surface area contributed by atoms with Crippen LogP contribution in [-0.4, -0.2) is 54.4 Å². The lowest BCUT2D eigenvalue weighted by Crippen LogP contribution is -2.45. The molecule has 1 aromatic carbocycles. The Bertz CT molecular complexity index is 674. The standard InChI is InChI=1S/C21H28N2O3/c24-19(9-6-14-22-12-4-1-5-13-22)23-15-10-21(11-16-23)18-8-3-2-7-17(18)20(25)26-21/h2-3,7-8H,1,4-6,9-16H2.